The Bertz CT molecular complexity index is 575. The summed E-state index contributed by atoms with van der Waals surface area (Å²) in [6.07, 6.45) is -4.94. The molecule has 18 heavy (non-hydrogen) atoms. The number of hydrogen-bond acceptors (Lipinski definition) is 4. The van der Waals surface area contributed by atoms with Crippen LogP contribution in [0.3, 0.4) is 0 Å². The molecule has 0 aliphatic heterocycles. The molecule has 0 radical (unpaired) electrons. The van der Waals surface area contributed by atoms with Crippen LogP contribution in [-0.2, 0) is 6.18 Å². The minimum absolute atomic E-state index is 0.124. The number of nitrogens with zero attached hydrogens (tertiary/aromatic N) is 2. The number of nitro benzene ring substituents is 1. The molecule has 94 valence electrons. The fourth-order valence-corrected chi connectivity index (χ4v) is 1.26. The number of halogens is 3. The maximum atomic E-state index is 12.5. The van der Waals surface area contributed by atoms with Crippen LogP contribution in [0.5, 0.6) is 0 Å². The Morgan fingerprint density at radius 1 is 1.44 bits per heavy atom. The largest absolute Gasteiger partial charge is 0.417 e. The van der Waals surface area contributed by atoms with Gasteiger partial charge in [-0.1, -0.05) is 0 Å². The van der Waals surface area contributed by atoms with Gasteiger partial charge in [0, 0.05) is 6.07 Å². The molecule has 1 aromatic rings. The number of amides is 1. The molecule has 9 heteroatoms. The zero-order valence-electron chi connectivity index (χ0n) is 8.49. The van der Waals surface area contributed by atoms with Crippen LogP contribution in [0, 0.1) is 21.4 Å². The summed E-state index contributed by atoms with van der Waals surface area (Å²) in [5.41, 5.74) is 0.581. The molecule has 0 spiro atoms. The lowest BCUT2D eigenvalue weighted by Crippen LogP contribution is -2.16. The van der Waals surface area contributed by atoms with E-state index < -0.39 is 39.4 Å². The zero-order valence-corrected chi connectivity index (χ0v) is 8.49. The Balaban J connectivity index is 3.69. The molecule has 2 N–H and O–H groups in total. The number of nitro groups is 1. The van der Waals surface area contributed by atoms with Crippen LogP contribution in [0.2, 0.25) is 0 Å². The van der Waals surface area contributed by atoms with E-state index in [1.807, 2.05) is 0 Å². The van der Waals surface area contributed by atoms with Crippen molar-refractivity contribution in [1.82, 2.24) is 0 Å². The number of nitrogens with two attached hydrogens (primary N) is 1. The van der Waals surface area contributed by atoms with Crippen molar-refractivity contribution >= 4 is 11.6 Å². The van der Waals surface area contributed by atoms with Gasteiger partial charge in [-0.25, -0.2) is 0 Å². The lowest BCUT2D eigenvalue weighted by molar-refractivity contribution is -0.385. The normalized spacial score (nSPS) is 10.8. The van der Waals surface area contributed by atoms with Gasteiger partial charge in [0.25, 0.3) is 11.6 Å². The van der Waals surface area contributed by atoms with Gasteiger partial charge < -0.3 is 5.73 Å². The van der Waals surface area contributed by atoms with Gasteiger partial charge >= 0.3 is 6.18 Å². The Kier molecular flexibility index (Phi) is 3.23. The summed E-state index contributed by atoms with van der Waals surface area (Å²) in [4.78, 5) is 20.3. The summed E-state index contributed by atoms with van der Waals surface area (Å²) < 4.78 is 37.6. The summed E-state index contributed by atoms with van der Waals surface area (Å²) >= 11 is 0. The quantitative estimate of drug-likeness (QED) is 0.642. The molecular formula is C9H4F3N3O3. The SMILES string of the molecule is N#Cc1cc(C(N)=O)c([N+](=O)[O-])cc1C(F)(F)F. The number of nitriles is 1. The highest BCUT2D eigenvalue weighted by Gasteiger charge is 2.37. The molecule has 0 aromatic heterocycles. The van der Waals surface area contributed by atoms with Crippen LogP contribution >= 0.6 is 0 Å². The van der Waals surface area contributed by atoms with Crippen molar-refractivity contribution < 1.29 is 22.9 Å². The first-order valence-electron chi connectivity index (χ1n) is 4.28. The predicted molar refractivity (Wildman–Crippen MR) is 51.3 cm³/mol. The van der Waals surface area contributed by atoms with Crippen molar-refractivity contribution in [2.24, 2.45) is 5.73 Å². The summed E-state index contributed by atoms with van der Waals surface area (Å²) in [6, 6.07) is 1.80. The van der Waals surface area contributed by atoms with Gasteiger partial charge in [-0.2, -0.15) is 18.4 Å². The molecular weight excluding hydrogens is 255 g/mol. The molecule has 0 bridgehead atoms. The van der Waals surface area contributed by atoms with Crippen molar-refractivity contribution in [2.45, 2.75) is 6.18 Å². The fourth-order valence-electron chi connectivity index (χ4n) is 1.26. The van der Waals surface area contributed by atoms with Gasteiger partial charge in [-0.05, 0) is 6.07 Å². The van der Waals surface area contributed by atoms with Gasteiger partial charge in [0.05, 0.1) is 22.1 Å². The van der Waals surface area contributed by atoms with Crippen LogP contribution in [-0.4, -0.2) is 10.8 Å². The topological polar surface area (TPSA) is 110 Å². The van der Waals surface area contributed by atoms with Gasteiger partial charge in [0.1, 0.15) is 5.56 Å². The molecule has 6 nitrogen and oxygen atoms in total. The summed E-state index contributed by atoms with van der Waals surface area (Å²) in [7, 11) is 0. The summed E-state index contributed by atoms with van der Waals surface area (Å²) in [5, 5.41) is 19.1. The first-order chi connectivity index (χ1) is 8.18. The lowest BCUT2D eigenvalue weighted by Gasteiger charge is -2.09. The third-order valence-corrected chi connectivity index (χ3v) is 2.02. The Morgan fingerprint density at radius 2 is 2.00 bits per heavy atom. The molecule has 1 aromatic carbocycles. The number of benzene rings is 1. The van der Waals surface area contributed by atoms with Crippen molar-refractivity contribution in [2.75, 3.05) is 0 Å². The van der Waals surface area contributed by atoms with Crippen LogP contribution < -0.4 is 5.73 Å². The Hall–Kier alpha value is -2.63. The number of hydrogen-bond donors (Lipinski definition) is 1. The first-order valence-corrected chi connectivity index (χ1v) is 4.28. The smallest absolute Gasteiger partial charge is 0.365 e. The average molecular weight is 259 g/mol. The molecule has 0 unspecified atom stereocenters. The van der Waals surface area contributed by atoms with E-state index in [2.05, 4.69) is 0 Å². The monoisotopic (exact) mass is 259 g/mol. The Morgan fingerprint density at radius 3 is 2.33 bits per heavy atom. The molecule has 0 fully saturated rings. The molecule has 0 atom stereocenters. The first kappa shape index (κ1) is 13.4. The van der Waals surface area contributed by atoms with E-state index in [-0.39, 0.29) is 6.07 Å². The van der Waals surface area contributed by atoms with Crippen LogP contribution in [0.25, 0.3) is 0 Å². The summed E-state index contributed by atoms with van der Waals surface area (Å²) in [5.74, 6) is -1.29. The molecule has 0 saturated carbocycles. The van der Waals surface area contributed by atoms with Crippen molar-refractivity contribution in [3.63, 3.8) is 0 Å². The highest BCUT2D eigenvalue weighted by Crippen LogP contribution is 2.35. The molecule has 1 amide bonds. The standard InChI is InChI=1S/C9H4F3N3O3/c10-9(11,12)6-2-7(15(17)18)5(8(14)16)1-4(6)3-13/h1-2H,(H2,14,16). The molecule has 0 heterocycles. The average Bonchev–Trinajstić information content (AvgIpc) is 2.25. The predicted octanol–water partition coefficient (Wildman–Crippen LogP) is 1.58. The maximum absolute atomic E-state index is 12.5. The van der Waals surface area contributed by atoms with E-state index in [0.717, 1.165) is 0 Å². The second-order valence-corrected chi connectivity index (χ2v) is 3.15. The number of carbonyl (C=O) groups excluding carboxylic acids is 1. The second kappa shape index (κ2) is 4.33. The van der Waals surface area contributed by atoms with Crippen LogP contribution in [0.1, 0.15) is 21.5 Å². The number of rotatable bonds is 2. The molecule has 1 rings (SSSR count). The van der Waals surface area contributed by atoms with Crippen molar-refractivity contribution in [3.05, 3.63) is 38.9 Å². The third-order valence-electron chi connectivity index (χ3n) is 2.02. The minimum atomic E-state index is -4.94. The van der Waals surface area contributed by atoms with E-state index in [0.29, 0.717) is 6.07 Å². The highest BCUT2D eigenvalue weighted by atomic mass is 19.4. The number of alkyl halides is 3. The van der Waals surface area contributed by atoms with Gasteiger partial charge in [-0.15, -0.1) is 0 Å². The van der Waals surface area contributed by atoms with Gasteiger partial charge in [0.2, 0.25) is 0 Å². The van der Waals surface area contributed by atoms with E-state index in [4.69, 9.17) is 11.0 Å². The molecule has 0 aliphatic carbocycles. The van der Waals surface area contributed by atoms with Crippen LogP contribution in [0.4, 0.5) is 18.9 Å². The third kappa shape index (κ3) is 2.37. The number of primary amides is 1. The van der Waals surface area contributed by atoms with Gasteiger partial charge in [0.15, 0.2) is 0 Å². The van der Waals surface area contributed by atoms with Crippen LogP contribution in [0.15, 0.2) is 12.1 Å². The van der Waals surface area contributed by atoms with E-state index >= 15 is 0 Å². The number of carbonyl (C=O) groups is 1. The summed E-state index contributed by atoms with van der Waals surface area (Å²) in [6.45, 7) is 0. The minimum Gasteiger partial charge on any atom is -0.365 e. The fraction of sp³-hybridized carbons (Fsp3) is 0.111. The molecule has 0 saturated heterocycles. The van der Waals surface area contributed by atoms with Gasteiger partial charge in [-0.3, -0.25) is 14.9 Å². The zero-order chi connectivity index (χ0) is 14.1. The van der Waals surface area contributed by atoms with E-state index in [9.17, 15) is 28.1 Å². The highest BCUT2D eigenvalue weighted by molar-refractivity contribution is 5.97. The lowest BCUT2D eigenvalue weighted by atomic mass is 10.0. The maximum Gasteiger partial charge on any atom is 0.417 e. The molecule has 0 aliphatic rings. The van der Waals surface area contributed by atoms with E-state index in [1.165, 1.54) is 6.07 Å². The Labute approximate surface area is 97.6 Å². The van der Waals surface area contributed by atoms with Crippen molar-refractivity contribution in [1.29, 1.82) is 5.26 Å². The van der Waals surface area contributed by atoms with E-state index in [1.54, 1.807) is 0 Å². The second-order valence-electron chi connectivity index (χ2n) is 3.15. The van der Waals surface area contributed by atoms with Crippen molar-refractivity contribution in [3.8, 4) is 6.07 Å².